The molecule has 12 heteroatoms. The summed E-state index contributed by atoms with van der Waals surface area (Å²) < 4.78 is 55.7. The Morgan fingerprint density at radius 1 is 1.05 bits per heavy atom. The van der Waals surface area contributed by atoms with Crippen molar-refractivity contribution in [3.05, 3.63) is 64.9 Å². The fourth-order valence-electron chi connectivity index (χ4n) is 6.84. The first kappa shape index (κ1) is 27.8. The summed E-state index contributed by atoms with van der Waals surface area (Å²) in [5.74, 6) is -0.579. The molecule has 4 heterocycles. The highest BCUT2D eigenvalue weighted by atomic mass is 19.4. The van der Waals surface area contributed by atoms with Crippen LogP contribution in [0.2, 0.25) is 0 Å². The molecule has 3 aromatic rings. The summed E-state index contributed by atoms with van der Waals surface area (Å²) in [5.41, 5.74) is 2.87. The van der Waals surface area contributed by atoms with E-state index in [1.54, 1.807) is 29.2 Å². The number of fused-ring (bicyclic) bond motifs is 3. The number of hydrogen-bond acceptors (Lipinski definition) is 6. The van der Waals surface area contributed by atoms with Gasteiger partial charge < -0.3 is 24.0 Å². The topological polar surface area (TPSA) is 105 Å². The predicted molar refractivity (Wildman–Crippen MR) is 147 cm³/mol. The number of para-hydroxylation sites is 1. The van der Waals surface area contributed by atoms with Crippen LogP contribution < -0.4 is 9.64 Å². The zero-order valence-electron chi connectivity index (χ0n) is 23.2. The molecule has 3 aliphatic heterocycles. The van der Waals surface area contributed by atoms with Gasteiger partial charge >= 0.3 is 18.4 Å². The molecular weight excluding hydrogens is 567 g/mol. The molecule has 7 rings (SSSR count). The summed E-state index contributed by atoms with van der Waals surface area (Å²) in [6.45, 7) is 0.632. The molecule has 2 saturated heterocycles. The lowest BCUT2D eigenvalue weighted by atomic mass is 9.99. The van der Waals surface area contributed by atoms with Gasteiger partial charge in [-0.2, -0.15) is 0 Å². The van der Waals surface area contributed by atoms with E-state index < -0.39 is 12.3 Å². The second kappa shape index (κ2) is 10.6. The van der Waals surface area contributed by atoms with E-state index >= 15 is 0 Å². The number of carbonyl (C=O) groups excluding carboxylic acids is 1. The highest BCUT2D eigenvalue weighted by Crippen LogP contribution is 2.46. The average Bonchev–Trinajstić information content (AvgIpc) is 3.49. The van der Waals surface area contributed by atoms with Gasteiger partial charge in [0.25, 0.3) is 0 Å². The monoisotopic (exact) mass is 597 g/mol. The minimum Gasteiger partial charge on any atom is -0.478 e. The highest BCUT2D eigenvalue weighted by molar-refractivity contribution is 5.97. The van der Waals surface area contributed by atoms with E-state index in [-0.39, 0.29) is 59.3 Å². The smallest absolute Gasteiger partial charge is 0.478 e. The van der Waals surface area contributed by atoms with Crippen LogP contribution >= 0.6 is 0 Å². The molecule has 2 amide bonds. The van der Waals surface area contributed by atoms with E-state index in [2.05, 4.69) is 9.89 Å². The summed E-state index contributed by atoms with van der Waals surface area (Å²) >= 11 is 0. The Morgan fingerprint density at radius 2 is 1.79 bits per heavy atom. The van der Waals surface area contributed by atoms with E-state index in [1.807, 2.05) is 4.90 Å². The summed E-state index contributed by atoms with van der Waals surface area (Å²) in [4.78, 5) is 28.9. The number of anilines is 1. The van der Waals surface area contributed by atoms with Gasteiger partial charge in [0.2, 0.25) is 0 Å². The molecule has 9 nitrogen and oxygen atoms in total. The number of carboxylic acids is 1. The number of aromatic carboxylic acids is 1. The third-order valence-electron chi connectivity index (χ3n) is 8.97. The van der Waals surface area contributed by atoms with Crippen molar-refractivity contribution in [1.29, 1.82) is 0 Å². The number of carbonyl (C=O) groups is 2. The fourth-order valence-corrected chi connectivity index (χ4v) is 6.84. The number of aromatic nitrogens is 1. The molecule has 4 aliphatic rings. The number of carboxylic acid groups (broad SMARTS) is 1. The Labute approximate surface area is 245 Å². The summed E-state index contributed by atoms with van der Waals surface area (Å²) in [5, 5.41) is 13.6. The number of nitrogens with zero attached hydrogens (tertiary/aromatic N) is 3. The average molecular weight is 598 g/mol. The number of piperidine rings is 1. The van der Waals surface area contributed by atoms with Crippen LogP contribution in [-0.2, 0) is 17.8 Å². The Bertz CT molecular complexity index is 1550. The molecule has 2 atom stereocenters. The van der Waals surface area contributed by atoms with Crippen molar-refractivity contribution in [2.24, 2.45) is 0 Å². The van der Waals surface area contributed by atoms with E-state index in [1.165, 1.54) is 18.2 Å². The van der Waals surface area contributed by atoms with Gasteiger partial charge in [-0.05, 0) is 74.8 Å². The molecule has 1 N–H and O–H groups in total. The first-order chi connectivity index (χ1) is 20.7. The Hall–Kier alpha value is -4.06. The number of hydrogen-bond donors (Lipinski definition) is 1. The van der Waals surface area contributed by atoms with Gasteiger partial charge in [0.05, 0.1) is 18.3 Å². The minimum absolute atomic E-state index is 0.0197. The number of amides is 2. The third-order valence-corrected chi connectivity index (χ3v) is 8.97. The van der Waals surface area contributed by atoms with E-state index in [9.17, 15) is 27.9 Å². The molecule has 3 fully saturated rings. The number of halogens is 3. The fraction of sp³-hybridized carbons (Fsp3) is 0.452. The molecule has 226 valence electrons. The first-order valence-electron chi connectivity index (χ1n) is 14.6. The predicted octanol–water partition coefficient (Wildman–Crippen LogP) is 6.51. The maximum Gasteiger partial charge on any atom is 0.573 e. The minimum atomic E-state index is -4.85. The normalized spacial score (nSPS) is 23.0. The lowest BCUT2D eigenvalue weighted by Crippen LogP contribution is -2.53. The second-order valence-corrected chi connectivity index (χ2v) is 11.7. The summed E-state index contributed by atoms with van der Waals surface area (Å²) in [6, 6.07) is 10.7. The van der Waals surface area contributed by atoms with Crippen LogP contribution in [0.1, 0.15) is 71.7 Å². The molecule has 1 saturated carbocycles. The van der Waals surface area contributed by atoms with Crippen LogP contribution in [-0.4, -0.2) is 58.3 Å². The van der Waals surface area contributed by atoms with Gasteiger partial charge in [-0.15, -0.1) is 13.2 Å². The number of ether oxygens (including phenoxy) is 2. The van der Waals surface area contributed by atoms with Crippen LogP contribution in [0.25, 0.3) is 11.3 Å². The molecule has 0 radical (unpaired) electrons. The SMILES string of the molecule is O=C(O)c1ccc2c(c1)N(C(=O)N1C3CCC1CC(OCc1c(-c4ccccc4OC(F)(F)F)noc1C1CC1)C3)CC2. The third kappa shape index (κ3) is 5.32. The van der Waals surface area contributed by atoms with E-state index in [4.69, 9.17) is 9.26 Å². The van der Waals surface area contributed by atoms with E-state index in [0.717, 1.165) is 31.2 Å². The lowest BCUT2D eigenvalue weighted by Gasteiger charge is -2.40. The maximum atomic E-state index is 13.8. The van der Waals surface area contributed by atoms with E-state index in [0.29, 0.717) is 42.8 Å². The molecule has 2 unspecified atom stereocenters. The molecular formula is C31H30F3N3O6. The van der Waals surface area contributed by atoms with Crippen LogP contribution in [0.15, 0.2) is 47.0 Å². The van der Waals surface area contributed by atoms with Crippen LogP contribution in [0, 0.1) is 0 Å². The summed E-state index contributed by atoms with van der Waals surface area (Å²) in [7, 11) is 0. The molecule has 0 spiro atoms. The quantitative estimate of drug-likeness (QED) is 0.331. The van der Waals surface area contributed by atoms with Gasteiger partial charge in [0, 0.05) is 41.4 Å². The number of alkyl halides is 3. The number of urea groups is 1. The molecule has 1 aromatic heterocycles. The Balaban J connectivity index is 1.07. The van der Waals surface area contributed by atoms with Gasteiger partial charge in [0.1, 0.15) is 17.2 Å². The van der Waals surface area contributed by atoms with Gasteiger partial charge in [-0.25, -0.2) is 9.59 Å². The zero-order valence-corrected chi connectivity index (χ0v) is 23.2. The Morgan fingerprint density at radius 3 is 2.49 bits per heavy atom. The number of rotatable bonds is 7. The van der Waals surface area contributed by atoms with Crippen molar-refractivity contribution >= 4 is 17.7 Å². The van der Waals surface area contributed by atoms with Crippen molar-refractivity contribution in [3.63, 3.8) is 0 Å². The van der Waals surface area contributed by atoms with Crippen molar-refractivity contribution in [2.45, 2.75) is 82.0 Å². The van der Waals surface area contributed by atoms with Crippen LogP contribution in [0.4, 0.5) is 23.7 Å². The second-order valence-electron chi connectivity index (χ2n) is 11.7. The largest absolute Gasteiger partial charge is 0.573 e. The van der Waals surface area contributed by atoms with Crippen molar-refractivity contribution in [2.75, 3.05) is 11.4 Å². The zero-order chi connectivity index (χ0) is 29.9. The van der Waals surface area contributed by atoms with Crippen LogP contribution in [0.5, 0.6) is 5.75 Å². The molecule has 43 heavy (non-hydrogen) atoms. The van der Waals surface area contributed by atoms with Gasteiger partial charge in [0.15, 0.2) is 0 Å². The molecule has 2 aromatic carbocycles. The number of benzene rings is 2. The van der Waals surface area contributed by atoms with Crippen molar-refractivity contribution in [3.8, 4) is 17.0 Å². The van der Waals surface area contributed by atoms with Crippen LogP contribution in [0.3, 0.4) is 0 Å². The Kier molecular flexibility index (Phi) is 6.83. The first-order valence-corrected chi connectivity index (χ1v) is 14.6. The van der Waals surface area contributed by atoms with Gasteiger partial charge in [-0.1, -0.05) is 23.4 Å². The lowest BCUT2D eigenvalue weighted by molar-refractivity contribution is -0.274. The maximum absolute atomic E-state index is 13.8. The van der Waals surface area contributed by atoms with Crippen molar-refractivity contribution in [1.82, 2.24) is 10.1 Å². The highest BCUT2D eigenvalue weighted by Gasteiger charge is 2.46. The standard InChI is InChI=1S/C31H30F3N3O6/c32-31(33,34)42-26-4-2-1-3-23(26)27-24(28(43-35-27)18-6-7-18)16-41-22-14-20-9-10-21(15-22)37(20)30(40)36-12-11-17-5-8-19(29(38)39)13-25(17)36/h1-5,8,13,18,20-22H,6-7,9-12,14-16H2,(H,38,39). The molecule has 2 bridgehead atoms. The molecule has 1 aliphatic carbocycles. The van der Waals surface area contributed by atoms with Crippen molar-refractivity contribution < 1.29 is 41.9 Å². The summed E-state index contributed by atoms with van der Waals surface area (Å²) in [6.07, 6.45) is 0.466. The van der Waals surface area contributed by atoms with Gasteiger partial charge in [-0.3, -0.25) is 4.90 Å².